The molecule has 0 unspecified atom stereocenters. The lowest BCUT2D eigenvalue weighted by atomic mass is 9.85. The summed E-state index contributed by atoms with van der Waals surface area (Å²) in [6.07, 6.45) is 2.33. The summed E-state index contributed by atoms with van der Waals surface area (Å²) < 4.78 is 11.0. The van der Waals surface area contributed by atoms with Gasteiger partial charge in [-0.3, -0.25) is 4.98 Å². The van der Waals surface area contributed by atoms with E-state index in [0.717, 1.165) is 23.4 Å². The summed E-state index contributed by atoms with van der Waals surface area (Å²) in [7, 11) is 0. The number of nitrogens with one attached hydrogen (secondary N) is 1. The number of pyridine rings is 1. The van der Waals surface area contributed by atoms with Crippen LogP contribution in [0, 0.1) is 5.92 Å². The van der Waals surface area contributed by atoms with Crippen molar-refractivity contribution in [3.63, 3.8) is 0 Å². The maximum atomic E-state index is 12.0. The smallest absolute Gasteiger partial charge is 0.407 e. The summed E-state index contributed by atoms with van der Waals surface area (Å²) in [6.45, 7) is 3.55. The molecule has 0 bridgehead atoms. The van der Waals surface area contributed by atoms with Crippen LogP contribution >= 0.6 is 0 Å². The van der Waals surface area contributed by atoms with E-state index in [1.165, 1.54) is 0 Å². The van der Waals surface area contributed by atoms with Gasteiger partial charge in [-0.25, -0.2) is 4.79 Å². The molecular formula is C19H22N2O3. The van der Waals surface area contributed by atoms with Gasteiger partial charge in [0.1, 0.15) is 12.4 Å². The lowest BCUT2D eigenvalue weighted by molar-refractivity contribution is 0.134. The van der Waals surface area contributed by atoms with Crippen molar-refractivity contribution in [2.75, 3.05) is 13.2 Å². The highest BCUT2D eigenvalue weighted by Crippen LogP contribution is 2.36. The molecule has 24 heavy (non-hydrogen) atoms. The zero-order chi connectivity index (χ0) is 16.8. The molecule has 5 heteroatoms. The second-order valence-corrected chi connectivity index (χ2v) is 5.92. The molecule has 1 aliphatic heterocycles. The van der Waals surface area contributed by atoms with E-state index in [9.17, 15) is 4.79 Å². The Morgan fingerprint density at radius 2 is 2.12 bits per heavy atom. The standard InChI is InChI=1S/C19H22N2O3/c1-2-15-13-23-17-9-6-10-20-18(17)16(15)11-21-19(22)24-12-14-7-4-3-5-8-14/h3-10,15-16H,2,11-13H2,1H3,(H,21,22)/t15-,16+/m0/s1. The van der Waals surface area contributed by atoms with Crippen molar-refractivity contribution in [3.05, 3.63) is 59.9 Å². The number of carbonyl (C=O) groups excluding carboxylic acids is 1. The SMILES string of the molecule is CC[C@H]1COc2cccnc2[C@@H]1CNC(=O)OCc1ccccc1. The van der Waals surface area contributed by atoms with Crippen LogP contribution in [0.1, 0.15) is 30.5 Å². The summed E-state index contributed by atoms with van der Waals surface area (Å²) in [5, 5.41) is 2.87. The Balaban J connectivity index is 1.57. The van der Waals surface area contributed by atoms with E-state index < -0.39 is 6.09 Å². The molecule has 0 fully saturated rings. The van der Waals surface area contributed by atoms with E-state index in [1.54, 1.807) is 6.20 Å². The number of carbonyl (C=O) groups is 1. The fourth-order valence-electron chi connectivity index (χ4n) is 2.97. The highest BCUT2D eigenvalue weighted by molar-refractivity contribution is 5.67. The minimum Gasteiger partial charge on any atom is -0.491 e. The second kappa shape index (κ2) is 7.81. The Morgan fingerprint density at radius 1 is 1.29 bits per heavy atom. The van der Waals surface area contributed by atoms with E-state index in [1.807, 2.05) is 42.5 Å². The molecule has 2 heterocycles. The van der Waals surface area contributed by atoms with Gasteiger partial charge in [-0.2, -0.15) is 0 Å². The average molecular weight is 326 g/mol. The van der Waals surface area contributed by atoms with Crippen LogP contribution in [0.15, 0.2) is 48.7 Å². The highest BCUT2D eigenvalue weighted by atomic mass is 16.5. The third kappa shape index (κ3) is 3.85. The van der Waals surface area contributed by atoms with Crippen molar-refractivity contribution in [2.24, 2.45) is 5.92 Å². The zero-order valence-corrected chi connectivity index (χ0v) is 13.8. The number of aromatic nitrogens is 1. The largest absolute Gasteiger partial charge is 0.491 e. The van der Waals surface area contributed by atoms with Crippen LogP contribution in [-0.4, -0.2) is 24.2 Å². The van der Waals surface area contributed by atoms with E-state index in [0.29, 0.717) is 19.1 Å². The molecule has 1 amide bonds. The predicted molar refractivity (Wildman–Crippen MR) is 90.9 cm³/mol. The van der Waals surface area contributed by atoms with E-state index in [-0.39, 0.29) is 12.5 Å². The van der Waals surface area contributed by atoms with Gasteiger partial charge in [0.2, 0.25) is 0 Å². The van der Waals surface area contributed by atoms with Gasteiger partial charge < -0.3 is 14.8 Å². The van der Waals surface area contributed by atoms with Gasteiger partial charge >= 0.3 is 6.09 Å². The monoisotopic (exact) mass is 326 g/mol. The molecule has 1 N–H and O–H groups in total. The fraction of sp³-hybridized carbons (Fsp3) is 0.368. The molecule has 1 aromatic carbocycles. The Kier molecular flexibility index (Phi) is 5.31. The molecule has 0 saturated heterocycles. The normalized spacial score (nSPS) is 19.0. The van der Waals surface area contributed by atoms with Gasteiger partial charge in [-0.1, -0.05) is 37.3 Å². The lowest BCUT2D eigenvalue weighted by Crippen LogP contribution is -2.36. The molecule has 1 aliphatic rings. The van der Waals surface area contributed by atoms with Gasteiger partial charge in [0, 0.05) is 24.6 Å². The van der Waals surface area contributed by atoms with Crippen molar-refractivity contribution in [3.8, 4) is 5.75 Å². The predicted octanol–water partition coefficient (Wildman–Crippen LogP) is 3.51. The fourth-order valence-corrected chi connectivity index (χ4v) is 2.97. The quantitative estimate of drug-likeness (QED) is 0.913. The Hall–Kier alpha value is -2.56. The van der Waals surface area contributed by atoms with Crippen LogP contribution in [-0.2, 0) is 11.3 Å². The number of nitrogens with zero attached hydrogens (tertiary/aromatic N) is 1. The number of benzene rings is 1. The molecule has 0 aliphatic carbocycles. The molecule has 2 atom stereocenters. The van der Waals surface area contributed by atoms with Crippen LogP contribution in [0.5, 0.6) is 5.75 Å². The van der Waals surface area contributed by atoms with Gasteiger partial charge in [-0.15, -0.1) is 0 Å². The topological polar surface area (TPSA) is 60.5 Å². The van der Waals surface area contributed by atoms with E-state index >= 15 is 0 Å². The van der Waals surface area contributed by atoms with Gasteiger partial charge in [0.15, 0.2) is 0 Å². The van der Waals surface area contributed by atoms with Crippen molar-refractivity contribution >= 4 is 6.09 Å². The third-order valence-electron chi connectivity index (χ3n) is 4.38. The van der Waals surface area contributed by atoms with Crippen molar-refractivity contribution in [2.45, 2.75) is 25.9 Å². The Labute approximate surface area is 142 Å². The first-order valence-electron chi connectivity index (χ1n) is 8.30. The summed E-state index contributed by atoms with van der Waals surface area (Å²) in [6, 6.07) is 13.4. The minimum atomic E-state index is -0.405. The average Bonchev–Trinajstić information content (AvgIpc) is 2.65. The molecule has 0 spiro atoms. The number of rotatable bonds is 5. The molecule has 5 nitrogen and oxygen atoms in total. The summed E-state index contributed by atoms with van der Waals surface area (Å²) >= 11 is 0. The molecule has 3 rings (SSSR count). The Bertz CT molecular complexity index is 675. The molecule has 126 valence electrons. The number of hydrogen-bond acceptors (Lipinski definition) is 4. The van der Waals surface area contributed by atoms with Crippen LogP contribution in [0.25, 0.3) is 0 Å². The Morgan fingerprint density at radius 3 is 2.92 bits per heavy atom. The maximum absolute atomic E-state index is 12.0. The zero-order valence-electron chi connectivity index (χ0n) is 13.8. The van der Waals surface area contributed by atoms with E-state index in [4.69, 9.17) is 9.47 Å². The number of alkyl carbamates (subject to hydrolysis) is 1. The minimum absolute atomic E-state index is 0.143. The molecular weight excluding hydrogens is 304 g/mol. The van der Waals surface area contributed by atoms with Crippen molar-refractivity contribution < 1.29 is 14.3 Å². The van der Waals surface area contributed by atoms with Crippen LogP contribution in [0.3, 0.4) is 0 Å². The molecule has 0 saturated carbocycles. The van der Waals surface area contributed by atoms with Crippen molar-refractivity contribution in [1.29, 1.82) is 0 Å². The summed E-state index contributed by atoms with van der Waals surface area (Å²) in [5.41, 5.74) is 1.89. The van der Waals surface area contributed by atoms with Gasteiger partial charge in [0.25, 0.3) is 0 Å². The summed E-state index contributed by atoms with van der Waals surface area (Å²) in [5.74, 6) is 1.29. The lowest BCUT2D eigenvalue weighted by Gasteiger charge is -2.32. The second-order valence-electron chi connectivity index (χ2n) is 5.92. The first-order chi connectivity index (χ1) is 11.8. The number of ether oxygens (including phenoxy) is 2. The number of fused-ring (bicyclic) bond motifs is 1. The first-order valence-corrected chi connectivity index (χ1v) is 8.30. The van der Waals surface area contributed by atoms with Crippen molar-refractivity contribution in [1.82, 2.24) is 10.3 Å². The van der Waals surface area contributed by atoms with Crippen LogP contribution < -0.4 is 10.1 Å². The van der Waals surface area contributed by atoms with Crippen LogP contribution in [0.2, 0.25) is 0 Å². The molecule has 0 radical (unpaired) electrons. The molecule has 2 aromatic rings. The first kappa shape index (κ1) is 16.3. The number of hydrogen-bond donors (Lipinski definition) is 1. The maximum Gasteiger partial charge on any atom is 0.407 e. The highest BCUT2D eigenvalue weighted by Gasteiger charge is 2.31. The number of amides is 1. The van der Waals surface area contributed by atoms with Gasteiger partial charge in [-0.05, 0) is 24.1 Å². The third-order valence-corrected chi connectivity index (χ3v) is 4.38. The summed E-state index contributed by atoms with van der Waals surface area (Å²) in [4.78, 5) is 16.4. The molecule has 1 aromatic heterocycles. The van der Waals surface area contributed by atoms with Gasteiger partial charge in [0.05, 0.1) is 12.3 Å². The van der Waals surface area contributed by atoms with E-state index in [2.05, 4.69) is 17.2 Å². The van der Waals surface area contributed by atoms with Crippen LogP contribution in [0.4, 0.5) is 4.79 Å².